The molecule has 0 saturated carbocycles. The van der Waals surface area contributed by atoms with Crippen molar-refractivity contribution in [1.82, 2.24) is 0 Å². The number of carbonyl (C=O) groups excluding carboxylic acids is 1. The van der Waals surface area contributed by atoms with Gasteiger partial charge in [-0.1, -0.05) is 23.7 Å². The van der Waals surface area contributed by atoms with Gasteiger partial charge in [0, 0.05) is 16.1 Å². The van der Waals surface area contributed by atoms with Crippen molar-refractivity contribution in [2.24, 2.45) is 0 Å². The van der Waals surface area contributed by atoms with Gasteiger partial charge in [0.2, 0.25) is 0 Å². The van der Waals surface area contributed by atoms with Gasteiger partial charge in [0.15, 0.2) is 11.6 Å². The molecule has 0 heterocycles. The molecule has 2 aromatic carbocycles. The zero-order chi connectivity index (χ0) is 13.8. The van der Waals surface area contributed by atoms with Crippen molar-refractivity contribution in [2.75, 3.05) is 0 Å². The highest BCUT2D eigenvalue weighted by Gasteiger charge is 2.06. The van der Waals surface area contributed by atoms with Crippen LogP contribution in [-0.2, 0) is 6.61 Å². The summed E-state index contributed by atoms with van der Waals surface area (Å²) in [5, 5.41) is 0.588. The Morgan fingerprint density at radius 1 is 1.26 bits per heavy atom. The van der Waals surface area contributed by atoms with Crippen LogP contribution in [0.15, 0.2) is 36.4 Å². The molecule has 4 heteroatoms. The maximum Gasteiger partial charge on any atom is 0.165 e. The van der Waals surface area contributed by atoms with Crippen LogP contribution in [0.3, 0.4) is 0 Å². The van der Waals surface area contributed by atoms with Gasteiger partial charge in [0.25, 0.3) is 0 Å². The summed E-state index contributed by atoms with van der Waals surface area (Å²) in [6.45, 7) is 2.12. The summed E-state index contributed by atoms with van der Waals surface area (Å²) >= 11 is 6.06. The molecule has 0 N–H and O–H groups in total. The minimum atomic E-state index is -0.562. The summed E-state index contributed by atoms with van der Waals surface area (Å²) in [7, 11) is 0. The van der Waals surface area contributed by atoms with Crippen molar-refractivity contribution < 1.29 is 13.9 Å². The van der Waals surface area contributed by atoms with Crippen LogP contribution in [0, 0.1) is 12.7 Å². The summed E-state index contributed by atoms with van der Waals surface area (Å²) in [6, 6.07) is 9.65. The molecule has 0 unspecified atom stereocenters. The van der Waals surface area contributed by atoms with Crippen LogP contribution in [0.2, 0.25) is 5.02 Å². The van der Waals surface area contributed by atoms with Crippen molar-refractivity contribution in [3.63, 3.8) is 0 Å². The summed E-state index contributed by atoms with van der Waals surface area (Å²) < 4.78 is 19.0. The van der Waals surface area contributed by atoms with Gasteiger partial charge in [-0.3, -0.25) is 4.79 Å². The molecule has 0 amide bonds. The smallest absolute Gasteiger partial charge is 0.165 e. The molecule has 0 saturated heterocycles. The SMILES string of the molecule is Cc1ccc(COc2ccc(C=O)cc2F)c(Cl)c1. The number of hydrogen-bond acceptors (Lipinski definition) is 2. The van der Waals surface area contributed by atoms with Gasteiger partial charge < -0.3 is 4.74 Å². The van der Waals surface area contributed by atoms with Crippen LogP contribution in [0.25, 0.3) is 0 Å². The monoisotopic (exact) mass is 278 g/mol. The average molecular weight is 279 g/mol. The fraction of sp³-hybridized carbons (Fsp3) is 0.133. The molecule has 0 aromatic heterocycles. The molecular formula is C15H12ClFO2. The number of halogens is 2. The first-order valence-electron chi connectivity index (χ1n) is 5.72. The molecule has 0 fully saturated rings. The minimum Gasteiger partial charge on any atom is -0.486 e. The summed E-state index contributed by atoms with van der Waals surface area (Å²) in [5.41, 5.74) is 2.11. The van der Waals surface area contributed by atoms with E-state index >= 15 is 0 Å². The van der Waals surface area contributed by atoms with Gasteiger partial charge >= 0.3 is 0 Å². The Balaban J connectivity index is 2.12. The van der Waals surface area contributed by atoms with E-state index in [4.69, 9.17) is 16.3 Å². The fourth-order valence-corrected chi connectivity index (χ4v) is 1.92. The molecule has 2 nitrogen and oxygen atoms in total. The Hall–Kier alpha value is -1.87. The van der Waals surface area contributed by atoms with Crippen LogP contribution < -0.4 is 4.74 Å². The highest BCUT2D eigenvalue weighted by Crippen LogP contribution is 2.22. The lowest BCUT2D eigenvalue weighted by atomic mass is 10.1. The zero-order valence-electron chi connectivity index (χ0n) is 10.3. The van der Waals surface area contributed by atoms with Crippen LogP contribution in [-0.4, -0.2) is 6.29 Å². The van der Waals surface area contributed by atoms with Gasteiger partial charge in [-0.25, -0.2) is 4.39 Å². The number of aryl methyl sites for hydroxylation is 1. The van der Waals surface area contributed by atoms with Crippen LogP contribution in [0.4, 0.5) is 4.39 Å². The number of aldehydes is 1. The molecule has 2 aromatic rings. The number of benzene rings is 2. The number of rotatable bonds is 4. The summed E-state index contributed by atoms with van der Waals surface area (Å²) in [5.74, 6) is -0.463. The first-order valence-corrected chi connectivity index (χ1v) is 6.10. The molecule has 19 heavy (non-hydrogen) atoms. The Morgan fingerprint density at radius 2 is 2.05 bits per heavy atom. The van der Waals surface area contributed by atoms with Crippen molar-refractivity contribution in [1.29, 1.82) is 0 Å². The second-order valence-electron chi connectivity index (χ2n) is 4.19. The molecule has 0 radical (unpaired) electrons. The van der Waals surface area contributed by atoms with E-state index in [1.165, 1.54) is 12.1 Å². The maximum atomic E-state index is 13.6. The van der Waals surface area contributed by atoms with E-state index < -0.39 is 5.82 Å². The van der Waals surface area contributed by atoms with Gasteiger partial charge in [-0.05, 0) is 36.8 Å². The van der Waals surface area contributed by atoms with E-state index in [1.807, 2.05) is 25.1 Å². The van der Waals surface area contributed by atoms with E-state index in [-0.39, 0.29) is 17.9 Å². The molecule has 0 aliphatic carbocycles. The fourth-order valence-electron chi connectivity index (χ4n) is 1.63. The standard InChI is InChI=1S/C15H12ClFO2/c1-10-2-4-12(13(16)6-10)9-19-15-5-3-11(8-18)7-14(15)17/h2-8H,9H2,1H3. The zero-order valence-corrected chi connectivity index (χ0v) is 11.1. The topological polar surface area (TPSA) is 26.3 Å². The Kier molecular flexibility index (Phi) is 4.17. The van der Waals surface area contributed by atoms with Gasteiger partial charge in [-0.15, -0.1) is 0 Å². The molecule has 2 rings (SSSR count). The van der Waals surface area contributed by atoms with Crippen LogP contribution in [0.1, 0.15) is 21.5 Å². The molecule has 0 aliphatic heterocycles. The Bertz CT molecular complexity index is 611. The number of ether oxygens (including phenoxy) is 1. The van der Waals surface area contributed by atoms with Crippen molar-refractivity contribution in [3.05, 3.63) is 63.9 Å². The predicted molar refractivity (Wildman–Crippen MR) is 72.3 cm³/mol. The largest absolute Gasteiger partial charge is 0.486 e. The van der Waals surface area contributed by atoms with Gasteiger partial charge in [-0.2, -0.15) is 0 Å². The molecule has 98 valence electrons. The summed E-state index contributed by atoms with van der Waals surface area (Å²) in [4.78, 5) is 10.5. The Labute approximate surface area is 115 Å². The Morgan fingerprint density at radius 3 is 2.68 bits per heavy atom. The minimum absolute atomic E-state index is 0.0993. The lowest BCUT2D eigenvalue weighted by molar-refractivity contribution is 0.112. The third kappa shape index (κ3) is 3.32. The highest BCUT2D eigenvalue weighted by molar-refractivity contribution is 6.31. The van der Waals surface area contributed by atoms with Crippen molar-refractivity contribution >= 4 is 17.9 Å². The third-order valence-corrected chi connectivity index (χ3v) is 3.04. The predicted octanol–water partition coefficient (Wildman–Crippen LogP) is 4.18. The van der Waals surface area contributed by atoms with E-state index in [2.05, 4.69) is 0 Å². The average Bonchev–Trinajstić information content (AvgIpc) is 2.39. The van der Waals surface area contributed by atoms with Gasteiger partial charge in [0.1, 0.15) is 12.9 Å². The second-order valence-corrected chi connectivity index (χ2v) is 4.60. The lowest BCUT2D eigenvalue weighted by Crippen LogP contribution is -1.99. The lowest BCUT2D eigenvalue weighted by Gasteiger charge is -2.09. The highest BCUT2D eigenvalue weighted by atomic mass is 35.5. The quantitative estimate of drug-likeness (QED) is 0.784. The molecule has 0 aliphatic rings. The van der Waals surface area contributed by atoms with Crippen LogP contribution >= 0.6 is 11.6 Å². The van der Waals surface area contributed by atoms with E-state index in [9.17, 15) is 9.18 Å². The second kappa shape index (κ2) is 5.85. The van der Waals surface area contributed by atoms with Crippen molar-refractivity contribution in [2.45, 2.75) is 13.5 Å². The molecular weight excluding hydrogens is 267 g/mol. The third-order valence-electron chi connectivity index (χ3n) is 2.68. The number of carbonyl (C=O) groups is 1. The number of hydrogen-bond donors (Lipinski definition) is 0. The van der Waals surface area contributed by atoms with E-state index in [0.29, 0.717) is 11.3 Å². The maximum absolute atomic E-state index is 13.6. The molecule has 0 bridgehead atoms. The first-order chi connectivity index (χ1) is 9.10. The molecule has 0 spiro atoms. The van der Waals surface area contributed by atoms with Crippen molar-refractivity contribution in [3.8, 4) is 5.75 Å². The first kappa shape index (κ1) is 13.6. The normalized spacial score (nSPS) is 10.3. The van der Waals surface area contributed by atoms with E-state index in [0.717, 1.165) is 17.2 Å². The molecule has 0 atom stereocenters. The van der Waals surface area contributed by atoms with Crippen LogP contribution in [0.5, 0.6) is 5.75 Å². The summed E-state index contributed by atoms with van der Waals surface area (Å²) in [6.07, 6.45) is 0.587. The van der Waals surface area contributed by atoms with E-state index in [1.54, 1.807) is 0 Å². The van der Waals surface area contributed by atoms with Gasteiger partial charge in [0.05, 0.1) is 0 Å².